The molecule has 2 fully saturated rings. The summed E-state index contributed by atoms with van der Waals surface area (Å²) in [5.41, 5.74) is 0. The Bertz CT molecular complexity index is 272. The Morgan fingerprint density at radius 1 is 1.25 bits per heavy atom. The van der Waals surface area contributed by atoms with Crippen LogP contribution in [0.25, 0.3) is 0 Å². The van der Waals surface area contributed by atoms with Gasteiger partial charge in [0.2, 0.25) is 0 Å². The molecule has 118 valence electrons. The topological polar surface area (TPSA) is 15.3 Å². The third-order valence-electron chi connectivity index (χ3n) is 5.07. The zero-order chi connectivity index (χ0) is 14.4. The molecular formula is C17H34N2S. The van der Waals surface area contributed by atoms with Gasteiger partial charge in [-0.2, -0.15) is 11.8 Å². The third-order valence-corrected chi connectivity index (χ3v) is 6.21. The number of nitrogens with zero attached hydrogens (tertiary/aromatic N) is 1. The van der Waals surface area contributed by atoms with Gasteiger partial charge in [-0.3, -0.25) is 0 Å². The molecular weight excluding hydrogens is 264 g/mol. The average molecular weight is 299 g/mol. The van der Waals surface area contributed by atoms with Crippen molar-refractivity contribution in [3.8, 4) is 0 Å². The summed E-state index contributed by atoms with van der Waals surface area (Å²) in [6, 6.07) is 0.776. The molecule has 1 N–H and O–H groups in total. The van der Waals surface area contributed by atoms with Crippen LogP contribution in [-0.4, -0.2) is 48.1 Å². The van der Waals surface area contributed by atoms with Gasteiger partial charge >= 0.3 is 0 Å². The van der Waals surface area contributed by atoms with Gasteiger partial charge in [0.1, 0.15) is 0 Å². The molecule has 1 aliphatic carbocycles. The van der Waals surface area contributed by atoms with Crippen molar-refractivity contribution in [3.63, 3.8) is 0 Å². The fourth-order valence-electron chi connectivity index (χ4n) is 4.15. The standard InChI is InChI=1S/C17H34N2S/c1-4-6-15-7-8-17(18-5-2)16(11-15)13-19-9-10-20-14(3)12-19/h14-18H,4-13H2,1-3H3. The summed E-state index contributed by atoms with van der Waals surface area (Å²) in [5, 5.41) is 4.60. The lowest BCUT2D eigenvalue weighted by molar-refractivity contribution is 0.139. The van der Waals surface area contributed by atoms with Crippen molar-refractivity contribution < 1.29 is 0 Å². The molecule has 0 amide bonds. The van der Waals surface area contributed by atoms with Crippen LogP contribution in [0.1, 0.15) is 52.9 Å². The van der Waals surface area contributed by atoms with Crippen molar-refractivity contribution in [1.82, 2.24) is 10.2 Å². The Balaban J connectivity index is 1.88. The SMILES string of the molecule is CCCC1CCC(NCC)C(CN2CCSC(C)C2)C1. The molecule has 0 radical (unpaired) electrons. The molecule has 20 heavy (non-hydrogen) atoms. The minimum atomic E-state index is 0.776. The summed E-state index contributed by atoms with van der Waals surface area (Å²) < 4.78 is 0. The second kappa shape index (κ2) is 8.65. The fourth-order valence-corrected chi connectivity index (χ4v) is 5.23. The summed E-state index contributed by atoms with van der Waals surface area (Å²) in [7, 11) is 0. The molecule has 1 aliphatic heterocycles. The first kappa shape index (κ1) is 16.6. The molecule has 4 unspecified atom stereocenters. The van der Waals surface area contributed by atoms with Crippen LogP contribution in [-0.2, 0) is 0 Å². The van der Waals surface area contributed by atoms with Gasteiger partial charge in [0, 0.05) is 36.7 Å². The van der Waals surface area contributed by atoms with Gasteiger partial charge in [-0.15, -0.1) is 0 Å². The molecule has 3 heteroatoms. The number of rotatable bonds is 6. The monoisotopic (exact) mass is 298 g/mol. The Kier molecular flexibility index (Phi) is 7.20. The van der Waals surface area contributed by atoms with Crippen molar-refractivity contribution in [3.05, 3.63) is 0 Å². The first-order chi connectivity index (χ1) is 9.72. The maximum Gasteiger partial charge on any atom is 0.0147 e. The number of hydrogen-bond donors (Lipinski definition) is 1. The Morgan fingerprint density at radius 2 is 2.10 bits per heavy atom. The van der Waals surface area contributed by atoms with E-state index in [2.05, 4.69) is 42.7 Å². The van der Waals surface area contributed by atoms with E-state index in [1.807, 2.05) is 0 Å². The largest absolute Gasteiger partial charge is 0.314 e. The van der Waals surface area contributed by atoms with Crippen molar-refractivity contribution in [2.24, 2.45) is 11.8 Å². The Hall–Kier alpha value is 0.270. The van der Waals surface area contributed by atoms with Gasteiger partial charge in [0.05, 0.1) is 0 Å². The van der Waals surface area contributed by atoms with E-state index < -0.39 is 0 Å². The summed E-state index contributed by atoms with van der Waals surface area (Å²) in [5.74, 6) is 3.21. The average Bonchev–Trinajstić information content (AvgIpc) is 2.42. The van der Waals surface area contributed by atoms with Crippen molar-refractivity contribution in [1.29, 1.82) is 0 Å². The predicted molar refractivity (Wildman–Crippen MR) is 91.6 cm³/mol. The Morgan fingerprint density at radius 3 is 2.80 bits per heavy atom. The zero-order valence-corrected chi connectivity index (χ0v) is 14.6. The number of thioether (sulfide) groups is 1. The van der Waals surface area contributed by atoms with Crippen LogP contribution in [0.5, 0.6) is 0 Å². The maximum atomic E-state index is 3.77. The lowest BCUT2D eigenvalue weighted by Crippen LogP contribution is -2.48. The first-order valence-corrected chi connectivity index (χ1v) is 9.85. The van der Waals surface area contributed by atoms with Crippen LogP contribution in [0.15, 0.2) is 0 Å². The molecule has 0 bridgehead atoms. The Labute approximate surface area is 130 Å². The molecule has 2 nitrogen and oxygen atoms in total. The van der Waals surface area contributed by atoms with Crippen molar-refractivity contribution >= 4 is 11.8 Å². The van der Waals surface area contributed by atoms with Gasteiger partial charge in [-0.1, -0.05) is 33.6 Å². The quantitative estimate of drug-likeness (QED) is 0.806. The van der Waals surface area contributed by atoms with Crippen LogP contribution in [0.4, 0.5) is 0 Å². The summed E-state index contributed by atoms with van der Waals surface area (Å²) in [6.45, 7) is 12.1. The van der Waals surface area contributed by atoms with Crippen LogP contribution in [0.3, 0.4) is 0 Å². The molecule has 4 atom stereocenters. The first-order valence-electron chi connectivity index (χ1n) is 8.80. The number of nitrogens with one attached hydrogen (secondary N) is 1. The lowest BCUT2D eigenvalue weighted by Gasteiger charge is -2.41. The van der Waals surface area contributed by atoms with E-state index in [1.54, 1.807) is 0 Å². The second-order valence-corrected chi connectivity index (χ2v) is 8.38. The zero-order valence-electron chi connectivity index (χ0n) is 13.7. The predicted octanol–water partition coefficient (Wildman–Crippen LogP) is 3.62. The summed E-state index contributed by atoms with van der Waals surface area (Å²) >= 11 is 2.15. The highest BCUT2D eigenvalue weighted by atomic mass is 32.2. The van der Waals surface area contributed by atoms with E-state index in [4.69, 9.17) is 0 Å². The molecule has 1 saturated heterocycles. The minimum absolute atomic E-state index is 0.776. The molecule has 1 heterocycles. The van der Waals surface area contributed by atoms with Gasteiger partial charge in [0.15, 0.2) is 0 Å². The molecule has 1 saturated carbocycles. The highest BCUT2D eigenvalue weighted by molar-refractivity contribution is 7.99. The van der Waals surface area contributed by atoms with Crippen molar-refractivity contribution in [2.75, 3.05) is 31.9 Å². The molecule has 0 aromatic heterocycles. The van der Waals surface area contributed by atoms with Gasteiger partial charge in [0.25, 0.3) is 0 Å². The number of hydrogen-bond acceptors (Lipinski definition) is 3. The van der Waals surface area contributed by atoms with Gasteiger partial charge in [-0.05, 0) is 37.6 Å². The molecule has 2 rings (SSSR count). The van der Waals surface area contributed by atoms with Crippen molar-refractivity contribution in [2.45, 2.75) is 64.2 Å². The van der Waals surface area contributed by atoms with E-state index in [0.717, 1.165) is 29.7 Å². The molecule has 0 spiro atoms. The molecule has 0 aromatic carbocycles. The van der Waals surface area contributed by atoms with Crippen LogP contribution >= 0.6 is 11.8 Å². The van der Waals surface area contributed by atoms with E-state index in [1.165, 1.54) is 57.5 Å². The fraction of sp³-hybridized carbons (Fsp3) is 1.00. The molecule has 2 aliphatic rings. The smallest absolute Gasteiger partial charge is 0.0147 e. The van der Waals surface area contributed by atoms with E-state index in [-0.39, 0.29) is 0 Å². The van der Waals surface area contributed by atoms with Gasteiger partial charge < -0.3 is 10.2 Å². The highest BCUT2D eigenvalue weighted by Gasteiger charge is 2.31. The third kappa shape index (κ3) is 4.92. The second-order valence-electron chi connectivity index (χ2n) is 6.83. The molecule has 0 aromatic rings. The van der Waals surface area contributed by atoms with Crippen LogP contribution in [0, 0.1) is 11.8 Å². The normalized spacial score (nSPS) is 36.1. The van der Waals surface area contributed by atoms with E-state index in [0.29, 0.717) is 0 Å². The van der Waals surface area contributed by atoms with Crippen LogP contribution < -0.4 is 5.32 Å². The van der Waals surface area contributed by atoms with E-state index in [9.17, 15) is 0 Å². The lowest BCUT2D eigenvalue weighted by atomic mass is 9.76. The summed E-state index contributed by atoms with van der Waals surface area (Å²) in [6.07, 6.45) is 7.13. The van der Waals surface area contributed by atoms with E-state index >= 15 is 0 Å². The van der Waals surface area contributed by atoms with Gasteiger partial charge in [-0.25, -0.2) is 0 Å². The summed E-state index contributed by atoms with van der Waals surface area (Å²) in [4.78, 5) is 2.74. The van der Waals surface area contributed by atoms with Crippen LogP contribution in [0.2, 0.25) is 0 Å². The maximum absolute atomic E-state index is 3.77. The highest BCUT2D eigenvalue weighted by Crippen LogP contribution is 2.33. The minimum Gasteiger partial charge on any atom is -0.314 e.